The van der Waals surface area contributed by atoms with Crippen LogP contribution in [0.5, 0.6) is 0 Å². The van der Waals surface area contributed by atoms with Gasteiger partial charge in [-0.2, -0.15) is 0 Å². The van der Waals surface area contributed by atoms with Crippen molar-refractivity contribution in [1.29, 1.82) is 0 Å². The standard InChI is InChI=1S/C25H25N5S/c1-2-8-19(9-3-1)18-31-25-29-28-24(30(25)15-7-11-21-10-6-14-26-21)16-20-17-27-23-13-5-4-12-22(20)23/h1-5,8-10,12-14,17,27H,6-7,11,15-16,18H2. The zero-order chi connectivity index (χ0) is 20.9. The van der Waals surface area contributed by atoms with Crippen molar-refractivity contribution in [2.24, 2.45) is 4.99 Å². The highest BCUT2D eigenvalue weighted by molar-refractivity contribution is 7.98. The summed E-state index contributed by atoms with van der Waals surface area (Å²) in [6, 6.07) is 19.0. The minimum absolute atomic E-state index is 0.768. The lowest BCUT2D eigenvalue weighted by Gasteiger charge is -2.10. The highest BCUT2D eigenvalue weighted by Crippen LogP contribution is 2.26. The third-order valence-corrected chi connectivity index (χ3v) is 6.60. The lowest BCUT2D eigenvalue weighted by atomic mass is 10.1. The molecule has 2 aromatic carbocycles. The van der Waals surface area contributed by atoms with Crippen LogP contribution >= 0.6 is 11.8 Å². The van der Waals surface area contributed by atoms with Crippen molar-refractivity contribution < 1.29 is 0 Å². The highest BCUT2D eigenvalue weighted by Gasteiger charge is 2.15. The number of nitrogens with one attached hydrogen (secondary N) is 1. The fourth-order valence-corrected chi connectivity index (χ4v) is 4.89. The normalized spacial score (nSPS) is 13.2. The van der Waals surface area contributed by atoms with E-state index in [1.54, 1.807) is 11.8 Å². The molecule has 1 aliphatic heterocycles. The Kier molecular flexibility index (Phi) is 5.98. The number of aromatic nitrogens is 4. The summed E-state index contributed by atoms with van der Waals surface area (Å²) in [6.45, 7) is 0.897. The molecule has 0 saturated carbocycles. The number of benzene rings is 2. The van der Waals surface area contributed by atoms with E-state index in [-0.39, 0.29) is 0 Å². The molecule has 0 aliphatic carbocycles. The number of fused-ring (bicyclic) bond motifs is 1. The average Bonchev–Trinajstić information content (AvgIpc) is 3.55. The zero-order valence-electron chi connectivity index (χ0n) is 17.4. The predicted molar refractivity (Wildman–Crippen MR) is 128 cm³/mol. The molecule has 0 unspecified atom stereocenters. The second-order valence-electron chi connectivity index (χ2n) is 7.71. The van der Waals surface area contributed by atoms with E-state index < -0.39 is 0 Å². The van der Waals surface area contributed by atoms with E-state index in [9.17, 15) is 0 Å². The van der Waals surface area contributed by atoms with Gasteiger partial charge in [0.05, 0.1) is 0 Å². The Hall–Kier alpha value is -3.12. The van der Waals surface area contributed by atoms with Crippen molar-refractivity contribution in [2.45, 2.75) is 43.1 Å². The van der Waals surface area contributed by atoms with Gasteiger partial charge in [-0.05, 0) is 30.0 Å². The number of aliphatic imine (C=N–C) groups is 1. The molecule has 3 heterocycles. The van der Waals surface area contributed by atoms with Crippen molar-refractivity contribution in [3.63, 3.8) is 0 Å². The number of hydrogen-bond acceptors (Lipinski definition) is 4. The van der Waals surface area contributed by atoms with Gasteiger partial charge in [0.2, 0.25) is 0 Å². The maximum atomic E-state index is 4.59. The molecule has 156 valence electrons. The Morgan fingerprint density at radius 3 is 2.74 bits per heavy atom. The van der Waals surface area contributed by atoms with Crippen molar-refractivity contribution in [3.05, 3.63) is 89.5 Å². The molecule has 0 saturated heterocycles. The SMILES string of the molecule is C1=NC(CCCn2c(Cc3c[nH]c4ccccc34)nnc2SCc2ccccc2)=CC1. The minimum Gasteiger partial charge on any atom is -0.361 e. The van der Waals surface area contributed by atoms with Gasteiger partial charge in [0, 0.05) is 54.2 Å². The van der Waals surface area contributed by atoms with E-state index >= 15 is 0 Å². The molecule has 0 spiro atoms. The number of thioether (sulfide) groups is 1. The number of H-pyrrole nitrogens is 1. The van der Waals surface area contributed by atoms with Crippen molar-refractivity contribution in [3.8, 4) is 0 Å². The molecule has 5 rings (SSSR count). The molecule has 4 aromatic rings. The van der Waals surface area contributed by atoms with E-state index in [0.29, 0.717) is 0 Å². The van der Waals surface area contributed by atoms with Crippen LogP contribution in [-0.4, -0.2) is 26.0 Å². The first-order chi connectivity index (χ1) is 15.4. The summed E-state index contributed by atoms with van der Waals surface area (Å²) >= 11 is 1.76. The second-order valence-corrected chi connectivity index (χ2v) is 8.65. The highest BCUT2D eigenvalue weighted by atomic mass is 32.2. The molecule has 1 N–H and O–H groups in total. The number of para-hydroxylation sites is 1. The molecule has 0 radical (unpaired) electrons. The Morgan fingerprint density at radius 2 is 1.87 bits per heavy atom. The van der Waals surface area contributed by atoms with E-state index in [2.05, 4.69) is 91.6 Å². The number of nitrogens with zero attached hydrogens (tertiary/aromatic N) is 4. The Bertz CT molecular complexity index is 1220. The van der Waals surface area contributed by atoms with Crippen molar-refractivity contribution >= 4 is 28.9 Å². The molecule has 2 aromatic heterocycles. The number of allylic oxidation sites excluding steroid dienone is 2. The zero-order valence-corrected chi connectivity index (χ0v) is 18.2. The van der Waals surface area contributed by atoms with E-state index in [1.165, 1.54) is 22.2 Å². The van der Waals surface area contributed by atoms with Gasteiger partial charge in [0.25, 0.3) is 0 Å². The summed E-state index contributed by atoms with van der Waals surface area (Å²) in [6.07, 6.45) is 10.0. The summed E-state index contributed by atoms with van der Waals surface area (Å²) in [5.41, 5.74) is 4.91. The monoisotopic (exact) mass is 427 g/mol. The van der Waals surface area contributed by atoms with Gasteiger partial charge in [-0.3, -0.25) is 4.99 Å². The molecular weight excluding hydrogens is 402 g/mol. The van der Waals surface area contributed by atoms with Gasteiger partial charge in [-0.15, -0.1) is 10.2 Å². The average molecular weight is 428 g/mol. The van der Waals surface area contributed by atoms with Crippen LogP contribution in [0.1, 0.15) is 36.2 Å². The molecule has 0 fully saturated rings. The third kappa shape index (κ3) is 4.64. The summed E-state index contributed by atoms with van der Waals surface area (Å²) in [7, 11) is 0. The first-order valence-electron chi connectivity index (χ1n) is 10.7. The molecule has 31 heavy (non-hydrogen) atoms. The lowest BCUT2D eigenvalue weighted by Crippen LogP contribution is -2.06. The fourth-order valence-electron chi connectivity index (χ4n) is 3.95. The van der Waals surface area contributed by atoms with Crippen LogP contribution in [0.3, 0.4) is 0 Å². The van der Waals surface area contributed by atoms with Gasteiger partial charge < -0.3 is 9.55 Å². The smallest absolute Gasteiger partial charge is 0.191 e. The Morgan fingerprint density at radius 1 is 1.00 bits per heavy atom. The van der Waals surface area contributed by atoms with Crippen LogP contribution < -0.4 is 0 Å². The first-order valence-corrected chi connectivity index (χ1v) is 11.7. The van der Waals surface area contributed by atoms with Gasteiger partial charge in [0.15, 0.2) is 5.16 Å². The summed E-state index contributed by atoms with van der Waals surface area (Å²) < 4.78 is 2.30. The van der Waals surface area contributed by atoms with Crippen LogP contribution in [0, 0.1) is 0 Å². The lowest BCUT2D eigenvalue weighted by molar-refractivity contribution is 0.573. The minimum atomic E-state index is 0.768. The van der Waals surface area contributed by atoms with Gasteiger partial charge >= 0.3 is 0 Å². The van der Waals surface area contributed by atoms with Crippen LogP contribution in [-0.2, 0) is 18.7 Å². The van der Waals surface area contributed by atoms with Crippen LogP contribution in [0.2, 0.25) is 0 Å². The predicted octanol–water partition coefficient (Wildman–Crippen LogP) is 5.78. The summed E-state index contributed by atoms with van der Waals surface area (Å²) in [5.74, 6) is 1.91. The van der Waals surface area contributed by atoms with Gasteiger partial charge in [-0.25, -0.2) is 0 Å². The largest absolute Gasteiger partial charge is 0.361 e. The topological polar surface area (TPSA) is 58.9 Å². The molecule has 0 atom stereocenters. The molecule has 6 heteroatoms. The molecule has 0 amide bonds. The number of hydrogen-bond donors (Lipinski definition) is 1. The summed E-state index contributed by atoms with van der Waals surface area (Å²) in [5, 5.41) is 11.4. The van der Waals surface area contributed by atoms with Gasteiger partial charge in [0.1, 0.15) is 5.82 Å². The molecule has 5 nitrogen and oxygen atoms in total. The summed E-state index contributed by atoms with van der Waals surface area (Å²) in [4.78, 5) is 7.83. The van der Waals surface area contributed by atoms with Crippen molar-refractivity contribution in [1.82, 2.24) is 19.7 Å². The maximum absolute atomic E-state index is 4.59. The number of aromatic amines is 1. The van der Waals surface area contributed by atoms with Crippen LogP contribution in [0.25, 0.3) is 10.9 Å². The second kappa shape index (κ2) is 9.35. The van der Waals surface area contributed by atoms with Crippen LogP contribution in [0.4, 0.5) is 0 Å². The maximum Gasteiger partial charge on any atom is 0.191 e. The number of rotatable bonds is 9. The quantitative estimate of drug-likeness (QED) is 0.344. The third-order valence-electron chi connectivity index (χ3n) is 5.56. The first kappa shape index (κ1) is 19.8. The Labute approximate surface area is 186 Å². The van der Waals surface area contributed by atoms with Crippen molar-refractivity contribution in [2.75, 3.05) is 0 Å². The molecule has 0 bridgehead atoms. The van der Waals surface area contributed by atoms with Gasteiger partial charge in [-0.1, -0.05) is 66.4 Å². The van der Waals surface area contributed by atoms with E-state index in [0.717, 1.165) is 54.5 Å². The van der Waals surface area contributed by atoms with E-state index in [4.69, 9.17) is 0 Å². The van der Waals surface area contributed by atoms with E-state index in [1.807, 2.05) is 6.21 Å². The van der Waals surface area contributed by atoms with Crippen LogP contribution in [0.15, 0.2) is 82.7 Å². The Balaban J connectivity index is 1.36. The fraction of sp³-hybridized carbons (Fsp3) is 0.240. The molecule has 1 aliphatic rings. The molecular formula is C25H25N5S.